The maximum absolute atomic E-state index is 12.3. The number of amides is 1. The van der Waals surface area contributed by atoms with Gasteiger partial charge in [-0.3, -0.25) is 4.79 Å². The van der Waals surface area contributed by atoms with Crippen molar-refractivity contribution < 1.29 is 15.0 Å². The molecule has 0 saturated carbocycles. The molecule has 0 spiro atoms. The minimum absolute atomic E-state index is 0.0162. The number of aromatic hydroxyl groups is 1. The summed E-state index contributed by atoms with van der Waals surface area (Å²) in [5.41, 5.74) is 0.526. The number of carbonyl (C=O) groups is 1. The van der Waals surface area contributed by atoms with E-state index in [0.29, 0.717) is 12.1 Å². The molecule has 0 fully saturated rings. The molecule has 8 heteroatoms. The molecule has 1 atom stereocenters. The minimum Gasteiger partial charge on any atom is -0.508 e. The van der Waals surface area contributed by atoms with Crippen molar-refractivity contribution in [3.63, 3.8) is 0 Å². The Bertz CT molecular complexity index is 654. The summed E-state index contributed by atoms with van der Waals surface area (Å²) in [7, 11) is 1.59. The maximum Gasteiger partial charge on any atom is 0.293 e. The average molecular weight is 325 g/mol. The van der Waals surface area contributed by atoms with Crippen LogP contribution in [0.4, 0.5) is 0 Å². The number of rotatable bonds is 5. The highest BCUT2D eigenvalue weighted by atomic mass is 35.5. The van der Waals surface area contributed by atoms with Gasteiger partial charge in [-0.15, -0.1) is 5.10 Å². The number of phenols is 1. The van der Waals surface area contributed by atoms with Crippen LogP contribution in [0.5, 0.6) is 5.75 Å². The lowest BCUT2D eigenvalue weighted by molar-refractivity contribution is 0.0623. The molecule has 0 saturated heterocycles. The van der Waals surface area contributed by atoms with Crippen molar-refractivity contribution in [2.45, 2.75) is 13.0 Å². The third kappa shape index (κ3) is 3.55. The van der Waals surface area contributed by atoms with E-state index in [9.17, 15) is 15.0 Å². The molecule has 2 N–H and O–H groups in total. The number of hydrogen-bond donors (Lipinski definition) is 2. The summed E-state index contributed by atoms with van der Waals surface area (Å²) in [5, 5.41) is 23.7. The molecule has 1 unspecified atom stereocenters. The van der Waals surface area contributed by atoms with Crippen LogP contribution in [-0.4, -0.2) is 48.9 Å². The summed E-state index contributed by atoms with van der Waals surface area (Å²) in [6.07, 6.45) is -0.921. The molecule has 0 aliphatic heterocycles. The van der Waals surface area contributed by atoms with Crippen LogP contribution in [-0.2, 0) is 7.05 Å². The second-order valence-electron chi connectivity index (χ2n) is 4.78. The average Bonchev–Trinajstić information content (AvgIpc) is 2.83. The zero-order valence-electron chi connectivity index (χ0n) is 12.3. The first kappa shape index (κ1) is 16.3. The summed E-state index contributed by atoms with van der Waals surface area (Å²) >= 11 is 5.78. The van der Waals surface area contributed by atoms with E-state index in [4.69, 9.17) is 11.6 Å². The Morgan fingerprint density at radius 3 is 2.77 bits per heavy atom. The van der Waals surface area contributed by atoms with Crippen LogP contribution in [0.15, 0.2) is 24.3 Å². The van der Waals surface area contributed by atoms with Gasteiger partial charge in [-0.1, -0.05) is 12.1 Å². The molecule has 1 aromatic heterocycles. The normalized spacial score (nSPS) is 12.2. The van der Waals surface area contributed by atoms with Crippen LogP contribution in [0.2, 0.25) is 5.28 Å². The van der Waals surface area contributed by atoms with Gasteiger partial charge >= 0.3 is 0 Å². The predicted octanol–water partition coefficient (Wildman–Crippen LogP) is 1.37. The lowest BCUT2D eigenvalue weighted by Crippen LogP contribution is -2.35. The van der Waals surface area contributed by atoms with E-state index in [1.54, 1.807) is 26.1 Å². The summed E-state index contributed by atoms with van der Waals surface area (Å²) < 4.78 is 1.30. The van der Waals surface area contributed by atoms with Gasteiger partial charge in [-0.25, -0.2) is 4.68 Å². The van der Waals surface area contributed by atoms with Crippen LogP contribution in [0, 0.1) is 0 Å². The first-order valence-corrected chi connectivity index (χ1v) is 7.13. The fraction of sp³-hybridized carbons (Fsp3) is 0.357. The van der Waals surface area contributed by atoms with Crippen molar-refractivity contribution in [1.29, 1.82) is 0 Å². The van der Waals surface area contributed by atoms with Crippen molar-refractivity contribution in [3.8, 4) is 5.75 Å². The Labute approximate surface area is 132 Å². The number of aromatic nitrogens is 3. The zero-order chi connectivity index (χ0) is 16.3. The van der Waals surface area contributed by atoms with E-state index < -0.39 is 12.0 Å². The van der Waals surface area contributed by atoms with Gasteiger partial charge in [0.25, 0.3) is 5.91 Å². The molecule has 22 heavy (non-hydrogen) atoms. The van der Waals surface area contributed by atoms with Gasteiger partial charge in [-0.2, -0.15) is 4.98 Å². The topological polar surface area (TPSA) is 91.5 Å². The molecule has 0 bridgehead atoms. The number of carbonyl (C=O) groups excluding carboxylic acids is 1. The Kier molecular flexibility index (Phi) is 4.99. The van der Waals surface area contributed by atoms with Crippen LogP contribution in [0.1, 0.15) is 29.2 Å². The van der Waals surface area contributed by atoms with Gasteiger partial charge in [0.15, 0.2) is 0 Å². The maximum atomic E-state index is 12.3. The van der Waals surface area contributed by atoms with Crippen LogP contribution in [0.3, 0.4) is 0 Å². The number of hydrogen-bond acceptors (Lipinski definition) is 5. The zero-order valence-corrected chi connectivity index (χ0v) is 13.0. The molecule has 118 valence electrons. The number of halogens is 1. The lowest BCUT2D eigenvalue weighted by Gasteiger charge is -2.23. The standard InChI is InChI=1S/C14H17ClN4O3/c1-3-19(13(22)12-16-14(15)18(2)17-12)8-11(21)9-5-4-6-10(20)7-9/h4-7,11,20-21H,3,8H2,1-2H3. The Balaban J connectivity index is 2.13. The summed E-state index contributed by atoms with van der Waals surface area (Å²) in [4.78, 5) is 17.6. The van der Waals surface area contributed by atoms with Gasteiger partial charge in [0.05, 0.1) is 12.6 Å². The number of aliphatic hydroxyl groups is 1. The Morgan fingerprint density at radius 1 is 1.50 bits per heavy atom. The highest BCUT2D eigenvalue weighted by Gasteiger charge is 2.23. The van der Waals surface area contributed by atoms with Gasteiger partial charge < -0.3 is 15.1 Å². The highest BCUT2D eigenvalue weighted by molar-refractivity contribution is 6.28. The van der Waals surface area contributed by atoms with E-state index >= 15 is 0 Å². The molecule has 7 nitrogen and oxygen atoms in total. The van der Waals surface area contributed by atoms with Crippen LogP contribution < -0.4 is 0 Å². The Hall–Kier alpha value is -2.12. The lowest BCUT2D eigenvalue weighted by atomic mass is 10.1. The van der Waals surface area contributed by atoms with Crippen molar-refractivity contribution in [2.75, 3.05) is 13.1 Å². The van der Waals surface area contributed by atoms with E-state index in [-0.39, 0.29) is 23.4 Å². The quantitative estimate of drug-likeness (QED) is 0.866. The number of phenolic OH excluding ortho intramolecular Hbond substituents is 1. The molecule has 1 heterocycles. The molecule has 0 aliphatic rings. The number of aliphatic hydroxyl groups excluding tert-OH is 1. The van der Waals surface area contributed by atoms with E-state index in [2.05, 4.69) is 10.1 Å². The Morgan fingerprint density at radius 2 is 2.23 bits per heavy atom. The first-order valence-electron chi connectivity index (χ1n) is 6.75. The van der Waals surface area contributed by atoms with Crippen molar-refractivity contribution >= 4 is 17.5 Å². The van der Waals surface area contributed by atoms with Crippen molar-refractivity contribution in [3.05, 3.63) is 40.9 Å². The summed E-state index contributed by atoms with van der Waals surface area (Å²) in [5.74, 6) is -0.370. The molecule has 2 rings (SSSR count). The molecular formula is C14H17ClN4O3. The van der Waals surface area contributed by atoms with Gasteiger partial charge in [0.2, 0.25) is 11.1 Å². The van der Waals surface area contributed by atoms with E-state index in [1.807, 2.05) is 0 Å². The predicted molar refractivity (Wildman–Crippen MR) is 80.7 cm³/mol. The monoisotopic (exact) mass is 324 g/mol. The molecular weight excluding hydrogens is 308 g/mol. The highest BCUT2D eigenvalue weighted by Crippen LogP contribution is 2.19. The van der Waals surface area contributed by atoms with Crippen LogP contribution >= 0.6 is 11.6 Å². The van der Waals surface area contributed by atoms with Gasteiger partial charge in [0.1, 0.15) is 5.75 Å². The second kappa shape index (κ2) is 6.76. The van der Waals surface area contributed by atoms with Gasteiger partial charge in [0, 0.05) is 13.6 Å². The van der Waals surface area contributed by atoms with E-state index in [1.165, 1.54) is 21.7 Å². The molecule has 0 aliphatic carbocycles. The fourth-order valence-electron chi connectivity index (χ4n) is 2.00. The number of likely N-dealkylation sites (N-methyl/N-ethyl adjacent to an activating group) is 1. The molecule has 1 aromatic carbocycles. The summed E-state index contributed by atoms with van der Waals surface area (Å²) in [6, 6.07) is 6.28. The minimum atomic E-state index is -0.921. The number of nitrogens with zero attached hydrogens (tertiary/aromatic N) is 4. The van der Waals surface area contributed by atoms with Crippen LogP contribution in [0.25, 0.3) is 0 Å². The smallest absolute Gasteiger partial charge is 0.293 e. The van der Waals surface area contributed by atoms with Gasteiger partial charge in [-0.05, 0) is 36.2 Å². The molecule has 2 aromatic rings. The third-order valence-electron chi connectivity index (χ3n) is 3.22. The first-order chi connectivity index (χ1) is 10.4. The van der Waals surface area contributed by atoms with Crippen molar-refractivity contribution in [1.82, 2.24) is 19.7 Å². The van der Waals surface area contributed by atoms with E-state index in [0.717, 1.165) is 0 Å². The largest absolute Gasteiger partial charge is 0.508 e. The molecule has 1 amide bonds. The second-order valence-corrected chi connectivity index (χ2v) is 5.12. The SMILES string of the molecule is CCN(CC(O)c1cccc(O)c1)C(=O)c1nc(Cl)n(C)n1. The van der Waals surface area contributed by atoms with Crippen molar-refractivity contribution in [2.24, 2.45) is 7.05 Å². The fourth-order valence-corrected chi connectivity index (χ4v) is 2.12. The number of aryl methyl sites for hydroxylation is 1. The third-order valence-corrected chi connectivity index (χ3v) is 3.55. The number of benzene rings is 1. The molecule has 0 radical (unpaired) electrons. The summed E-state index contributed by atoms with van der Waals surface area (Å²) in [6.45, 7) is 2.23.